The molecule has 9 nitrogen and oxygen atoms in total. The zero-order valence-corrected chi connectivity index (χ0v) is 19.2. The molecule has 0 bridgehead atoms. The van der Waals surface area contributed by atoms with Gasteiger partial charge in [-0.15, -0.1) is 0 Å². The standard InChI is InChI=1S/C22H39N7O2/c1-3-5-10-27-13-15-28(16-14-27)11-8-7-9-12-29-20-18(24-22(29)30)19(23)25-21(26-20)31-17-6-4-2/h3-17H2,1-2H3,(H,24,30)(H2,23,25,26). The third-order valence-corrected chi connectivity index (χ3v) is 6.01. The molecule has 1 fully saturated rings. The van der Waals surface area contributed by atoms with E-state index in [9.17, 15) is 4.79 Å². The van der Waals surface area contributed by atoms with Gasteiger partial charge in [0.25, 0.3) is 0 Å². The number of unbranched alkanes of at least 4 members (excludes halogenated alkanes) is 4. The van der Waals surface area contributed by atoms with Crippen LogP contribution in [-0.2, 0) is 6.54 Å². The number of H-pyrrole nitrogens is 1. The summed E-state index contributed by atoms with van der Waals surface area (Å²) in [6.45, 7) is 12.6. The molecule has 3 heterocycles. The van der Waals surface area contributed by atoms with Gasteiger partial charge in [-0.2, -0.15) is 9.97 Å². The number of aryl methyl sites for hydroxylation is 1. The highest BCUT2D eigenvalue weighted by molar-refractivity contribution is 5.81. The van der Waals surface area contributed by atoms with Crippen molar-refractivity contribution >= 4 is 17.0 Å². The number of aromatic nitrogens is 4. The van der Waals surface area contributed by atoms with Gasteiger partial charge in [-0.05, 0) is 38.8 Å². The lowest BCUT2D eigenvalue weighted by Gasteiger charge is -2.34. The highest BCUT2D eigenvalue weighted by Crippen LogP contribution is 2.18. The number of nitrogens with one attached hydrogen (secondary N) is 1. The number of ether oxygens (including phenoxy) is 1. The molecule has 3 rings (SSSR count). The molecular weight excluding hydrogens is 394 g/mol. The van der Waals surface area contributed by atoms with Crippen molar-refractivity contribution in [1.29, 1.82) is 0 Å². The summed E-state index contributed by atoms with van der Waals surface area (Å²) in [5, 5.41) is 0. The van der Waals surface area contributed by atoms with E-state index >= 15 is 0 Å². The Morgan fingerprint density at radius 1 is 0.903 bits per heavy atom. The third-order valence-electron chi connectivity index (χ3n) is 6.01. The maximum atomic E-state index is 12.4. The molecule has 0 spiro atoms. The molecule has 0 amide bonds. The monoisotopic (exact) mass is 433 g/mol. The molecule has 0 unspecified atom stereocenters. The van der Waals surface area contributed by atoms with Gasteiger partial charge in [0.1, 0.15) is 5.52 Å². The molecule has 1 saturated heterocycles. The van der Waals surface area contributed by atoms with Crippen molar-refractivity contribution in [2.75, 3.05) is 51.6 Å². The van der Waals surface area contributed by atoms with Gasteiger partial charge < -0.3 is 25.3 Å². The first-order valence-corrected chi connectivity index (χ1v) is 12.0. The van der Waals surface area contributed by atoms with Crippen LogP contribution >= 0.6 is 0 Å². The lowest BCUT2D eigenvalue weighted by molar-refractivity contribution is 0.129. The van der Waals surface area contributed by atoms with E-state index in [0.717, 1.165) is 38.6 Å². The third kappa shape index (κ3) is 6.67. The first-order chi connectivity index (χ1) is 15.1. The number of hydrogen-bond donors (Lipinski definition) is 2. The average Bonchev–Trinajstić information content (AvgIpc) is 3.09. The summed E-state index contributed by atoms with van der Waals surface area (Å²) in [7, 11) is 0. The molecule has 1 aliphatic heterocycles. The van der Waals surface area contributed by atoms with Crippen molar-refractivity contribution in [2.45, 2.75) is 65.3 Å². The van der Waals surface area contributed by atoms with E-state index < -0.39 is 0 Å². The summed E-state index contributed by atoms with van der Waals surface area (Å²) in [6, 6.07) is 0.240. The number of anilines is 1. The minimum Gasteiger partial charge on any atom is -0.463 e. The van der Waals surface area contributed by atoms with Gasteiger partial charge in [0.15, 0.2) is 11.5 Å². The molecule has 0 saturated carbocycles. The van der Waals surface area contributed by atoms with Crippen LogP contribution in [0.3, 0.4) is 0 Å². The van der Waals surface area contributed by atoms with Crippen LogP contribution in [0.15, 0.2) is 4.79 Å². The minimum absolute atomic E-state index is 0.190. The number of nitrogen functional groups attached to an aromatic ring is 1. The lowest BCUT2D eigenvalue weighted by Crippen LogP contribution is -2.46. The largest absolute Gasteiger partial charge is 0.463 e. The highest BCUT2D eigenvalue weighted by Gasteiger charge is 2.16. The quantitative estimate of drug-likeness (QED) is 0.468. The second-order valence-corrected chi connectivity index (χ2v) is 8.47. The average molecular weight is 434 g/mol. The van der Waals surface area contributed by atoms with Crippen LogP contribution < -0.4 is 16.2 Å². The zero-order valence-electron chi connectivity index (χ0n) is 19.2. The molecule has 2 aromatic rings. The fourth-order valence-corrected chi connectivity index (χ4v) is 4.01. The predicted octanol–water partition coefficient (Wildman–Crippen LogP) is 2.47. The molecule has 3 N–H and O–H groups in total. The van der Waals surface area contributed by atoms with Crippen LogP contribution in [0.1, 0.15) is 58.8 Å². The summed E-state index contributed by atoms with van der Waals surface area (Å²) in [4.78, 5) is 28.9. The number of nitrogens with zero attached hydrogens (tertiary/aromatic N) is 5. The van der Waals surface area contributed by atoms with Gasteiger partial charge in [0.05, 0.1) is 6.61 Å². The number of nitrogens with two attached hydrogens (primary N) is 1. The molecule has 174 valence electrons. The van der Waals surface area contributed by atoms with Crippen LogP contribution in [0.5, 0.6) is 6.01 Å². The van der Waals surface area contributed by atoms with Crippen LogP contribution in [0, 0.1) is 0 Å². The van der Waals surface area contributed by atoms with Gasteiger partial charge in [-0.1, -0.05) is 33.1 Å². The molecule has 0 aromatic carbocycles. The second-order valence-electron chi connectivity index (χ2n) is 8.47. The maximum Gasteiger partial charge on any atom is 0.327 e. The molecule has 2 aromatic heterocycles. The fourth-order valence-electron chi connectivity index (χ4n) is 4.01. The van der Waals surface area contributed by atoms with E-state index in [2.05, 4.69) is 38.6 Å². The van der Waals surface area contributed by atoms with E-state index in [1.807, 2.05) is 0 Å². The molecular formula is C22H39N7O2. The van der Waals surface area contributed by atoms with Crippen molar-refractivity contribution in [1.82, 2.24) is 29.3 Å². The summed E-state index contributed by atoms with van der Waals surface area (Å²) < 4.78 is 7.26. The van der Waals surface area contributed by atoms with Crippen molar-refractivity contribution in [3.05, 3.63) is 10.5 Å². The van der Waals surface area contributed by atoms with Gasteiger partial charge >= 0.3 is 11.7 Å². The summed E-state index contributed by atoms with van der Waals surface area (Å²) in [6.07, 6.45) is 7.68. The summed E-state index contributed by atoms with van der Waals surface area (Å²) in [5.41, 5.74) is 6.85. The number of aromatic amines is 1. The van der Waals surface area contributed by atoms with Gasteiger partial charge in [0.2, 0.25) is 0 Å². The Bertz CT molecular complexity index is 855. The minimum atomic E-state index is -0.190. The van der Waals surface area contributed by atoms with Gasteiger partial charge in [-0.25, -0.2) is 4.79 Å². The molecule has 0 radical (unpaired) electrons. The fraction of sp³-hybridized carbons (Fsp3) is 0.773. The molecule has 0 aliphatic carbocycles. The Kier molecular flexibility index (Phi) is 9.14. The lowest BCUT2D eigenvalue weighted by atomic mass is 10.2. The van der Waals surface area contributed by atoms with Gasteiger partial charge in [-0.3, -0.25) is 4.57 Å². The predicted molar refractivity (Wildman–Crippen MR) is 125 cm³/mol. The number of hydrogen-bond acceptors (Lipinski definition) is 7. The number of fused-ring (bicyclic) bond motifs is 1. The van der Waals surface area contributed by atoms with Gasteiger partial charge in [0, 0.05) is 32.7 Å². The number of piperazine rings is 1. The number of rotatable bonds is 13. The summed E-state index contributed by atoms with van der Waals surface area (Å²) in [5.74, 6) is 0.255. The summed E-state index contributed by atoms with van der Waals surface area (Å²) >= 11 is 0. The normalized spacial score (nSPS) is 15.7. The molecule has 0 atom stereocenters. The highest BCUT2D eigenvalue weighted by atomic mass is 16.5. The Morgan fingerprint density at radius 3 is 2.23 bits per heavy atom. The van der Waals surface area contributed by atoms with E-state index in [4.69, 9.17) is 10.5 Å². The SMILES string of the molecule is CCCCOc1nc(N)c2[nH]c(=O)n(CCCCCN3CCN(CCCC)CC3)c2n1. The molecule has 9 heteroatoms. The van der Waals surface area contributed by atoms with E-state index in [0.29, 0.717) is 24.3 Å². The maximum absolute atomic E-state index is 12.4. The zero-order chi connectivity index (χ0) is 22.1. The van der Waals surface area contributed by atoms with Crippen molar-refractivity contribution in [3.63, 3.8) is 0 Å². The van der Waals surface area contributed by atoms with E-state index in [-0.39, 0.29) is 17.5 Å². The van der Waals surface area contributed by atoms with Crippen LogP contribution in [0.25, 0.3) is 11.2 Å². The molecule has 1 aliphatic rings. The first-order valence-electron chi connectivity index (χ1n) is 12.0. The Labute approximate surface area is 185 Å². The van der Waals surface area contributed by atoms with Crippen molar-refractivity contribution in [2.24, 2.45) is 0 Å². The van der Waals surface area contributed by atoms with E-state index in [1.165, 1.54) is 45.6 Å². The van der Waals surface area contributed by atoms with E-state index in [1.54, 1.807) is 4.57 Å². The van der Waals surface area contributed by atoms with Crippen LogP contribution in [0.4, 0.5) is 5.82 Å². The second kappa shape index (κ2) is 12.0. The molecule has 31 heavy (non-hydrogen) atoms. The van der Waals surface area contributed by atoms with Crippen molar-refractivity contribution in [3.8, 4) is 6.01 Å². The van der Waals surface area contributed by atoms with Crippen molar-refractivity contribution < 1.29 is 4.74 Å². The Morgan fingerprint density at radius 2 is 1.55 bits per heavy atom. The topological polar surface area (TPSA) is 105 Å². The Balaban J connectivity index is 1.45. The Hall–Kier alpha value is -2.13. The van der Waals surface area contributed by atoms with Crippen LogP contribution in [-0.4, -0.2) is 75.2 Å². The number of imidazole rings is 1. The smallest absolute Gasteiger partial charge is 0.327 e. The first kappa shape index (κ1) is 23.5. The van der Waals surface area contributed by atoms with Crippen LogP contribution in [0.2, 0.25) is 0 Å².